The molecule has 0 aliphatic heterocycles. The molecule has 3 aromatic rings. The summed E-state index contributed by atoms with van der Waals surface area (Å²) >= 11 is 5.96. The van der Waals surface area contributed by atoms with Crippen LogP contribution in [0.3, 0.4) is 0 Å². The van der Waals surface area contributed by atoms with Gasteiger partial charge < -0.3 is 15.0 Å². The van der Waals surface area contributed by atoms with Crippen LogP contribution in [0.4, 0.5) is 0 Å². The second-order valence-electron chi connectivity index (χ2n) is 5.04. The first kappa shape index (κ1) is 14.0. The van der Waals surface area contributed by atoms with Gasteiger partial charge in [0.2, 0.25) is 0 Å². The monoisotopic (exact) mass is 300 g/mol. The van der Waals surface area contributed by atoms with Crippen LogP contribution in [0, 0.1) is 0 Å². The molecule has 0 radical (unpaired) electrons. The van der Waals surface area contributed by atoms with E-state index in [4.69, 9.17) is 22.1 Å². The van der Waals surface area contributed by atoms with Gasteiger partial charge in [0.15, 0.2) is 0 Å². The zero-order valence-electron chi connectivity index (χ0n) is 11.8. The SMILES string of the molecule is Cn1c(COc2cccc(Cl)c2)cc2ccc(CN)cc21. The lowest BCUT2D eigenvalue weighted by Gasteiger charge is -2.08. The van der Waals surface area contributed by atoms with Crippen molar-refractivity contribution in [2.24, 2.45) is 12.8 Å². The van der Waals surface area contributed by atoms with E-state index in [0.29, 0.717) is 18.2 Å². The highest BCUT2D eigenvalue weighted by molar-refractivity contribution is 6.30. The van der Waals surface area contributed by atoms with Gasteiger partial charge in [-0.05, 0) is 41.3 Å². The average Bonchev–Trinajstić information content (AvgIpc) is 2.81. The van der Waals surface area contributed by atoms with E-state index in [1.54, 1.807) is 0 Å². The number of halogens is 1. The van der Waals surface area contributed by atoms with Gasteiger partial charge in [-0.25, -0.2) is 0 Å². The van der Waals surface area contributed by atoms with Crippen molar-refractivity contribution in [2.75, 3.05) is 0 Å². The van der Waals surface area contributed by atoms with Crippen LogP contribution in [0.15, 0.2) is 48.5 Å². The molecule has 1 aromatic heterocycles. The summed E-state index contributed by atoms with van der Waals surface area (Å²) in [5.74, 6) is 0.774. The number of hydrogen-bond donors (Lipinski definition) is 1. The van der Waals surface area contributed by atoms with Gasteiger partial charge >= 0.3 is 0 Å². The molecule has 4 heteroatoms. The Morgan fingerprint density at radius 1 is 1.14 bits per heavy atom. The Bertz CT molecular complexity index is 780. The molecule has 2 N–H and O–H groups in total. The molecule has 0 atom stereocenters. The maximum absolute atomic E-state index is 5.96. The minimum absolute atomic E-state index is 0.503. The quantitative estimate of drug-likeness (QED) is 0.794. The second-order valence-corrected chi connectivity index (χ2v) is 5.47. The third-order valence-corrected chi connectivity index (χ3v) is 3.86. The molecule has 2 aromatic carbocycles. The van der Waals surface area contributed by atoms with E-state index in [-0.39, 0.29) is 0 Å². The van der Waals surface area contributed by atoms with Gasteiger partial charge in [-0.3, -0.25) is 0 Å². The Balaban J connectivity index is 1.85. The van der Waals surface area contributed by atoms with E-state index >= 15 is 0 Å². The van der Waals surface area contributed by atoms with E-state index in [0.717, 1.165) is 17.0 Å². The molecule has 21 heavy (non-hydrogen) atoms. The molecular weight excluding hydrogens is 284 g/mol. The molecule has 0 spiro atoms. The summed E-state index contributed by atoms with van der Waals surface area (Å²) in [6.45, 7) is 1.05. The molecule has 0 amide bonds. The number of rotatable bonds is 4. The van der Waals surface area contributed by atoms with Gasteiger partial charge in [0.1, 0.15) is 12.4 Å². The summed E-state index contributed by atoms with van der Waals surface area (Å²) in [7, 11) is 2.04. The number of nitrogens with two attached hydrogens (primary N) is 1. The highest BCUT2D eigenvalue weighted by Crippen LogP contribution is 2.23. The molecule has 0 aliphatic carbocycles. The molecule has 0 aliphatic rings. The van der Waals surface area contributed by atoms with Crippen molar-refractivity contribution in [3.63, 3.8) is 0 Å². The van der Waals surface area contributed by atoms with Crippen molar-refractivity contribution in [1.29, 1.82) is 0 Å². The summed E-state index contributed by atoms with van der Waals surface area (Å²) in [6, 6.07) is 15.9. The maximum atomic E-state index is 5.96. The van der Waals surface area contributed by atoms with E-state index < -0.39 is 0 Å². The predicted octanol–water partition coefficient (Wildman–Crippen LogP) is 3.87. The topological polar surface area (TPSA) is 40.2 Å². The smallest absolute Gasteiger partial charge is 0.128 e. The largest absolute Gasteiger partial charge is 0.487 e. The number of aryl methyl sites for hydroxylation is 1. The lowest BCUT2D eigenvalue weighted by molar-refractivity contribution is 0.298. The van der Waals surface area contributed by atoms with Crippen molar-refractivity contribution in [3.05, 3.63) is 64.8 Å². The summed E-state index contributed by atoms with van der Waals surface area (Å²) in [5.41, 5.74) is 9.11. The van der Waals surface area contributed by atoms with Crippen molar-refractivity contribution >= 4 is 22.5 Å². The van der Waals surface area contributed by atoms with Crippen LogP contribution in [0.5, 0.6) is 5.75 Å². The highest BCUT2D eigenvalue weighted by Gasteiger charge is 2.07. The zero-order valence-corrected chi connectivity index (χ0v) is 12.6. The molecular formula is C17H17ClN2O. The molecule has 0 saturated heterocycles. The molecule has 1 heterocycles. The molecule has 0 saturated carbocycles. The standard InChI is InChI=1S/C17H17ClN2O/c1-20-15(11-21-16-4-2-3-14(18)9-16)8-13-6-5-12(10-19)7-17(13)20/h2-9H,10-11,19H2,1H3. The highest BCUT2D eigenvalue weighted by atomic mass is 35.5. The third kappa shape index (κ3) is 2.89. The summed E-state index contributed by atoms with van der Waals surface area (Å²) in [4.78, 5) is 0. The van der Waals surface area contributed by atoms with Gasteiger partial charge in [0.05, 0.1) is 5.69 Å². The summed E-state index contributed by atoms with van der Waals surface area (Å²) in [5, 5.41) is 1.87. The Morgan fingerprint density at radius 3 is 2.76 bits per heavy atom. The molecule has 0 unspecified atom stereocenters. The van der Waals surface area contributed by atoms with E-state index in [9.17, 15) is 0 Å². The van der Waals surface area contributed by atoms with Gasteiger partial charge in [0.25, 0.3) is 0 Å². The number of ether oxygens (including phenoxy) is 1. The number of aromatic nitrogens is 1. The molecule has 3 nitrogen and oxygen atoms in total. The van der Waals surface area contributed by atoms with E-state index in [1.165, 1.54) is 10.9 Å². The van der Waals surface area contributed by atoms with E-state index in [1.807, 2.05) is 31.3 Å². The third-order valence-electron chi connectivity index (χ3n) is 3.63. The average molecular weight is 301 g/mol. The molecule has 0 bridgehead atoms. The number of fused-ring (bicyclic) bond motifs is 1. The summed E-state index contributed by atoms with van der Waals surface area (Å²) < 4.78 is 7.95. The van der Waals surface area contributed by atoms with E-state index in [2.05, 4.69) is 28.8 Å². The van der Waals surface area contributed by atoms with Crippen LogP contribution in [0.25, 0.3) is 10.9 Å². The Labute approximate surface area is 128 Å². The fraction of sp³-hybridized carbons (Fsp3) is 0.176. The molecule has 108 valence electrons. The Kier molecular flexibility index (Phi) is 3.86. The zero-order chi connectivity index (χ0) is 14.8. The lowest BCUT2D eigenvalue weighted by Crippen LogP contribution is -2.02. The Hall–Kier alpha value is -1.97. The first-order chi connectivity index (χ1) is 10.2. The predicted molar refractivity (Wildman–Crippen MR) is 86.6 cm³/mol. The van der Waals surface area contributed by atoms with Crippen LogP contribution in [-0.2, 0) is 20.2 Å². The maximum Gasteiger partial charge on any atom is 0.128 e. The van der Waals surface area contributed by atoms with Crippen molar-refractivity contribution in [1.82, 2.24) is 4.57 Å². The van der Waals surface area contributed by atoms with Gasteiger partial charge in [-0.2, -0.15) is 0 Å². The number of benzene rings is 2. The summed E-state index contributed by atoms with van der Waals surface area (Å²) in [6.07, 6.45) is 0. The van der Waals surface area contributed by atoms with Gasteiger partial charge in [-0.1, -0.05) is 29.8 Å². The molecule has 3 rings (SSSR count). The lowest BCUT2D eigenvalue weighted by atomic mass is 10.1. The Morgan fingerprint density at radius 2 is 2.00 bits per heavy atom. The minimum atomic E-state index is 0.503. The van der Waals surface area contributed by atoms with Crippen LogP contribution in [0.2, 0.25) is 5.02 Å². The second kappa shape index (κ2) is 5.80. The van der Waals surface area contributed by atoms with Gasteiger partial charge in [-0.15, -0.1) is 0 Å². The van der Waals surface area contributed by atoms with Crippen molar-refractivity contribution in [2.45, 2.75) is 13.2 Å². The van der Waals surface area contributed by atoms with Gasteiger partial charge in [0, 0.05) is 24.1 Å². The van der Waals surface area contributed by atoms with Crippen LogP contribution >= 0.6 is 11.6 Å². The fourth-order valence-corrected chi connectivity index (χ4v) is 2.59. The fourth-order valence-electron chi connectivity index (χ4n) is 2.41. The normalized spacial score (nSPS) is 11.0. The van der Waals surface area contributed by atoms with Crippen molar-refractivity contribution < 1.29 is 4.74 Å². The minimum Gasteiger partial charge on any atom is -0.487 e. The van der Waals surface area contributed by atoms with Crippen LogP contribution < -0.4 is 10.5 Å². The first-order valence-electron chi connectivity index (χ1n) is 6.83. The number of hydrogen-bond acceptors (Lipinski definition) is 2. The number of nitrogens with zero attached hydrogens (tertiary/aromatic N) is 1. The van der Waals surface area contributed by atoms with Crippen molar-refractivity contribution in [3.8, 4) is 5.75 Å². The van der Waals surface area contributed by atoms with Crippen LogP contribution in [0.1, 0.15) is 11.3 Å². The first-order valence-corrected chi connectivity index (χ1v) is 7.21. The molecule has 0 fully saturated rings. The van der Waals surface area contributed by atoms with Crippen LogP contribution in [-0.4, -0.2) is 4.57 Å².